The average Bonchev–Trinajstić information content (AvgIpc) is 1.76. The van der Waals surface area contributed by atoms with E-state index in [1.54, 1.807) is 55.4 Å². The monoisotopic (exact) mass is 300 g/mol. The molecule has 5 heteroatoms. The minimum Gasteiger partial charge on any atom is -0.852 e. The Bertz CT molecular complexity index is 61.5. The first-order valence-electron chi connectivity index (χ1n) is 5.56. The molecule has 17 heavy (non-hydrogen) atoms. The van der Waals surface area contributed by atoms with Crippen LogP contribution < -0.4 is 20.4 Å². The first-order chi connectivity index (χ1) is 6.93. The van der Waals surface area contributed by atoms with E-state index in [1.807, 2.05) is 0 Å². The minimum absolute atomic E-state index is 0. The fraction of sp³-hybridized carbons (Fsp3) is 1.00. The molecule has 0 saturated carbocycles. The van der Waals surface area contributed by atoms with Gasteiger partial charge in [-0.3, -0.25) is 0 Å². The van der Waals surface area contributed by atoms with E-state index >= 15 is 0 Å². The van der Waals surface area contributed by atoms with Crippen LogP contribution in [-0.2, 0) is 19.5 Å². The maximum absolute atomic E-state index is 9.53. The zero-order chi connectivity index (χ0) is 14.3. The van der Waals surface area contributed by atoms with Gasteiger partial charge < -0.3 is 20.4 Å². The van der Waals surface area contributed by atoms with Gasteiger partial charge in [-0.25, -0.2) is 0 Å². The largest absolute Gasteiger partial charge is 4.00 e. The molecule has 0 bridgehead atoms. The summed E-state index contributed by atoms with van der Waals surface area (Å²) in [5.74, 6) is 0. The predicted molar refractivity (Wildman–Crippen MR) is 60.5 cm³/mol. The zero-order valence-electron chi connectivity index (χ0n) is 12.6. The fourth-order valence-electron chi connectivity index (χ4n) is 0. The molecule has 0 aromatic heterocycles. The Morgan fingerprint density at radius 3 is 0.412 bits per heavy atom. The summed E-state index contributed by atoms with van der Waals surface area (Å²) in [6, 6.07) is 0. The third kappa shape index (κ3) is 16000. The molecule has 0 aliphatic carbocycles. The molecule has 0 spiro atoms. The number of hydrogen-bond acceptors (Lipinski definition) is 4. The molecule has 0 N–H and O–H groups in total. The van der Waals surface area contributed by atoms with Crippen LogP contribution in [0.2, 0.25) is 0 Å². The van der Waals surface area contributed by atoms with Crippen molar-refractivity contribution in [2.75, 3.05) is 0 Å². The summed E-state index contributed by atoms with van der Waals surface area (Å²) in [4.78, 5) is 0. The summed E-state index contributed by atoms with van der Waals surface area (Å²) in [6.45, 7) is 12.9. The van der Waals surface area contributed by atoms with Gasteiger partial charge in [0.15, 0.2) is 0 Å². The van der Waals surface area contributed by atoms with Crippen LogP contribution in [0.5, 0.6) is 0 Å². The molecule has 0 radical (unpaired) electrons. The summed E-state index contributed by atoms with van der Waals surface area (Å²) in [6.07, 6.45) is -1.67. The van der Waals surface area contributed by atoms with Gasteiger partial charge >= 0.3 is 19.5 Å². The Morgan fingerprint density at radius 2 is 0.412 bits per heavy atom. The van der Waals surface area contributed by atoms with E-state index in [9.17, 15) is 20.4 Å². The van der Waals surface area contributed by atoms with Crippen molar-refractivity contribution >= 4 is 0 Å². The van der Waals surface area contributed by atoms with Crippen LogP contribution in [0, 0.1) is 0 Å². The molecule has 0 saturated heterocycles. The normalized spacial score (nSPS) is 8.47. The van der Waals surface area contributed by atoms with Crippen LogP contribution >= 0.6 is 0 Å². The molecule has 0 amide bonds. The SMILES string of the molecule is CC(C)[O-].CC(C)[O-].CC(C)[O-].CC(C)[O-].[Zn+4]. The van der Waals surface area contributed by atoms with Gasteiger partial charge in [0.25, 0.3) is 0 Å². The second-order valence-corrected chi connectivity index (χ2v) is 4.20. The van der Waals surface area contributed by atoms with Gasteiger partial charge in [0.1, 0.15) is 0 Å². The van der Waals surface area contributed by atoms with Crippen molar-refractivity contribution in [2.45, 2.75) is 79.8 Å². The van der Waals surface area contributed by atoms with Crippen LogP contribution in [0.1, 0.15) is 55.4 Å². The number of rotatable bonds is 0. The molecule has 0 atom stereocenters. The Balaban J connectivity index is -0.0000000369. The van der Waals surface area contributed by atoms with Gasteiger partial charge in [0.05, 0.1) is 0 Å². The van der Waals surface area contributed by atoms with E-state index in [0.29, 0.717) is 0 Å². The zero-order valence-corrected chi connectivity index (χ0v) is 15.6. The van der Waals surface area contributed by atoms with Crippen LogP contribution in [-0.4, -0.2) is 24.4 Å². The molecule has 0 unspecified atom stereocenters. The van der Waals surface area contributed by atoms with E-state index in [2.05, 4.69) is 0 Å². The van der Waals surface area contributed by atoms with Crippen LogP contribution in [0.4, 0.5) is 0 Å². The fourth-order valence-corrected chi connectivity index (χ4v) is 0. The summed E-state index contributed by atoms with van der Waals surface area (Å²) < 4.78 is 0. The van der Waals surface area contributed by atoms with Gasteiger partial charge in [-0.1, -0.05) is 55.4 Å². The minimum atomic E-state index is -0.417. The van der Waals surface area contributed by atoms with Crippen LogP contribution in [0.3, 0.4) is 0 Å². The van der Waals surface area contributed by atoms with Gasteiger partial charge in [0, 0.05) is 0 Å². The molecule has 0 aliphatic rings. The average molecular weight is 302 g/mol. The van der Waals surface area contributed by atoms with Crippen molar-refractivity contribution < 1.29 is 39.9 Å². The van der Waals surface area contributed by atoms with Gasteiger partial charge in [-0.15, -0.1) is 24.4 Å². The third-order valence-corrected chi connectivity index (χ3v) is 0. The standard InChI is InChI=1S/4C3H7O.Zn/c4*1-3(2)4;/h4*3H,1-2H3;/q4*-1;+4. The second-order valence-electron chi connectivity index (χ2n) is 4.20. The smallest absolute Gasteiger partial charge is 0.852 e. The molecule has 0 aromatic carbocycles. The molecule has 0 fully saturated rings. The van der Waals surface area contributed by atoms with Crippen molar-refractivity contribution in [2.24, 2.45) is 0 Å². The van der Waals surface area contributed by atoms with E-state index in [1.165, 1.54) is 0 Å². The maximum atomic E-state index is 9.53. The van der Waals surface area contributed by atoms with Crippen molar-refractivity contribution in [3.8, 4) is 0 Å². The summed E-state index contributed by atoms with van der Waals surface area (Å²) in [5, 5.41) is 38.1. The van der Waals surface area contributed by atoms with Crippen LogP contribution in [0.25, 0.3) is 0 Å². The van der Waals surface area contributed by atoms with E-state index < -0.39 is 24.4 Å². The molecular weight excluding hydrogens is 274 g/mol. The van der Waals surface area contributed by atoms with Gasteiger partial charge in [-0.05, 0) is 0 Å². The molecule has 0 rings (SSSR count). The first-order valence-corrected chi connectivity index (χ1v) is 5.56. The van der Waals surface area contributed by atoms with E-state index in [-0.39, 0.29) is 19.5 Å². The first kappa shape index (κ1) is 30.5. The maximum Gasteiger partial charge on any atom is 4.00 e. The quantitative estimate of drug-likeness (QED) is 0.538. The molecule has 0 aromatic rings. The Hall–Kier alpha value is 0.463. The molecule has 0 heterocycles. The van der Waals surface area contributed by atoms with Crippen molar-refractivity contribution in [3.05, 3.63) is 0 Å². The van der Waals surface area contributed by atoms with E-state index in [0.717, 1.165) is 0 Å². The van der Waals surface area contributed by atoms with Crippen molar-refractivity contribution in [1.29, 1.82) is 0 Å². The van der Waals surface area contributed by atoms with Crippen molar-refractivity contribution in [1.82, 2.24) is 0 Å². The summed E-state index contributed by atoms with van der Waals surface area (Å²) >= 11 is 0. The third-order valence-electron chi connectivity index (χ3n) is 0. The van der Waals surface area contributed by atoms with Crippen LogP contribution in [0.15, 0.2) is 0 Å². The Kier molecular flexibility index (Phi) is 45.4. The molecule has 102 valence electrons. The topological polar surface area (TPSA) is 92.2 Å². The van der Waals surface area contributed by atoms with E-state index in [4.69, 9.17) is 0 Å². The second kappa shape index (κ2) is 25.3. The predicted octanol–water partition coefficient (Wildman–Crippen LogP) is -0.982. The molecule has 4 nitrogen and oxygen atoms in total. The van der Waals surface area contributed by atoms with Gasteiger partial charge in [-0.2, -0.15) is 0 Å². The summed E-state index contributed by atoms with van der Waals surface area (Å²) in [7, 11) is 0. The molecule has 0 aliphatic heterocycles. The van der Waals surface area contributed by atoms with Crippen molar-refractivity contribution in [3.63, 3.8) is 0 Å². The molecular formula is C12H28O4Zn. The van der Waals surface area contributed by atoms with Gasteiger partial charge in [0.2, 0.25) is 0 Å². The number of hydrogen-bond donors (Lipinski definition) is 0. The summed E-state index contributed by atoms with van der Waals surface area (Å²) in [5.41, 5.74) is 0. The Labute approximate surface area is 120 Å². The Morgan fingerprint density at radius 1 is 0.412 bits per heavy atom.